The second-order valence-corrected chi connectivity index (χ2v) is 8.68. The lowest BCUT2D eigenvalue weighted by Gasteiger charge is -2.29. The van der Waals surface area contributed by atoms with Gasteiger partial charge in [-0.1, -0.05) is 17.7 Å². The Labute approximate surface area is 149 Å². The minimum absolute atomic E-state index is 0.0620. The van der Waals surface area contributed by atoms with Crippen molar-refractivity contribution in [1.82, 2.24) is 4.31 Å². The second kappa shape index (κ2) is 8.10. The van der Waals surface area contributed by atoms with Crippen LogP contribution in [0.1, 0.15) is 41.3 Å². The molecular weight excluding hydrogens is 342 g/mol. The van der Waals surface area contributed by atoms with Crippen LogP contribution in [0.4, 0.5) is 0 Å². The Bertz CT molecular complexity index is 749. The van der Waals surface area contributed by atoms with E-state index in [0.29, 0.717) is 31.5 Å². The fraction of sp³-hybridized carbons (Fsp3) is 0.556. The van der Waals surface area contributed by atoms with Crippen LogP contribution in [0.2, 0.25) is 0 Å². The molecule has 0 N–H and O–H groups in total. The molecule has 1 aliphatic heterocycles. The predicted molar refractivity (Wildman–Crippen MR) is 95.0 cm³/mol. The molecule has 0 aromatic heterocycles. The summed E-state index contributed by atoms with van der Waals surface area (Å²) in [6.07, 6.45) is 0.853. The van der Waals surface area contributed by atoms with Gasteiger partial charge in [-0.05, 0) is 45.2 Å². The molecule has 0 bridgehead atoms. The second-order valence-electron chi connectivity index (χ2n) is 6.42. The quantitative estimate of drug-likeness (QED) is 0.568. The molecule has 138 valence electrons. The van der Waals surface area contributed by atoms with Gasteiger partial charge < -0.3 is 4.74 Å². The van der Waals surface area contributed by atoms with E-state index in [2.05, 4.69) is 0 Å². The maximum atomic E-state index is 12.3. The van der Waals surface area contributed by atoms with Gasteiger partial charge in [-0.2, -0.15) is 0 Å². The number of ketones is 1. The van der Waals surface area contributed by atoms with Gasteiger partial charge in [0.1, 0.15) is 0 Å². The molecule has 1 heterocycles. The van der Waals surface area contributed by atoms with Crippen LogP contribution in [0.5, 0.6) is 0 Å². The summed E-state index contributed by atoms with van der Waals surface area (Å²) in [6.45, 7) is 5.71. The molecule has 0 radical (unpaired) electrons. The van der Waals surface area contributed by atoms with Crippen molar-refractivity contribution in [1.29, 1.82) is 0 Å². The topological polar surface area (TPSA) is 80.8 Å². The Balaban J connectivity index is 1.87. The van der Waals surface area contributed by atoms with Gasteiger partial charge in [0.25, 0.3) is 0 Å². The Hall–Kier alpha value is -1.73. The normalized spacial score (nSPS) is 16.6. The first-order valence-electron chi connectivity index (χ1n) is 8.49. The summed E-state index contributed by atoms with van der Waals surface area (Å²) >= 11 is 0. The third-order valence-corrected chi connectivity index (χ3v) is 6.47. The fourth-order valence-electron chi connectivity index (χ4n) is 2.92. The van der Waals surface area contributed by atoms with E-state index in [0.717, 1.165) is 11.1 Å². The van der Waals surface area contributed by atoms with Crippen LogP contribution in [-0.2, 0) is 19.6 Å². The van der Waals surface area contributed by atoms with Gasteiger partial charge in [-0.3, -0.25) is 9.59 Å². The zero-order valence-electron chi connectivity index (χ0n) is 14.9. The minimum Gasteiger partial charge on any atom is -0.457 e. The first kappa shape index (κ1) is 19.6. The lowest BCUT2D eigenvalue weighted by atomic mass is 9.98. The zero-order valence-corrected chi connectivity index (χ0v) is 15.8. The van der Waals surface area contributed by atoms with Crippen molar-refractivity contribution in [3.8, 4) is 0 Å². The highest BCUT2D eigenvalue weighted by molar-refractivity contribution is 7.89. The van der Waals surface area contributed by atoms with Gasteiger partial charge in [0.2, 0.25) is 15.8 Å². The first-order chi connectivity index (χ1) is 11.7. The average Bonchev–Trinajstić information content (AvgIpc) is 2.61. The van der Waals surface area contributed by atoms with Gasteiger partial charge in [0.05, 0.1) is 11.7 Å². The van der Waals surface area contributed by atoms with Crippen LogP contribution in [0.3, 0.4) is 0 Å². The number of esters is 1. The first-order valence-corrected chi connectivity index (χ1v) is 10.1. The van der Waals surface area contributed by atoms with Crippen LogP contribution < -0.4 is 0 Å². The molecule has 0 atom stereocenters. The number of rotatable bonds is 6. The molecule has 6 nitrogen and oxygen atoms in total. The number of hydrogen-bond donors (Lipinski definition) is 0. The standard InChI is InChI=1S/C18H25NO5S/c1-4-25(22,23)19-9-7-15(8-10-19)18(21)24-12-17(20)16-11-13(2)5-6-14(16)3/h5-6,11,15H,4,7-10,12H2,1-3H3. The summed E-state index contributed by atoms with van der Waals surface area (Å²) < 4.78 is 30.3. The van der Waals surface area contributed by atoms with Crippen molar-refractivity contribution in [2.75, 3.05) is 25.4 Å². The summed E-state index contributed by atoms with van der Waals surface area (Å²) in [7, 11) is -3.21. The molecule has 1 saturated heterocycles. The van der Waals surface area contributed by atoms with E-state index < -0.39 is 16.0 Å². The number of Topliss-reactive ketones (excluding diaryl/α,β-unsaturated/α-hetero) is 1. The highest BCUT2D eigenvalue weighted by Gasteiger charge is 2.31. The number of ether oxygens (including phenoxy) is 1. The maximum Gasteiger partial charge on any atom is 0.309 e. The van der Waals surface area contributed by atoms with Crippen molar-refractivity contribution >= 4 is 21.8 Å². The molecule has 0 aliphatic carbocycles. The van der Waals surface area contributed by atoms with Crippen molar-refractivity contribution < 1.29 is 22.7 Å². The summed E-state index contributed by atoms with van der Waals surface area (Å²) in [4.78, 5) is 24.4. The van der Waals surface area contributed by atoms with Crippen LogP contribution >= 0.6 is 0 Å². The Morgan fingerprint density at radius 3 is 2.44 bits per heavy atom. The van der Waals surface area contributed by atoms with Crippen molar-refractivity contribution in [2.45, 2.75) is 33.6 Å². The third kappa shape index (κ3) is 4.89. The van der Waals surface area contributed by atoms with Crippen LogP contribution in [0, 0.1) is 19.8 Å². The van der Waals surface area contributed by atoms with Gasteiger partial charge in [-0.15, -0.1) is 0 Å². The number of carbonyl (C=O) groups is 2. The van der Waals surface area contributed by atoms with E-state index >= 15 is 0 Å². The molecule has 25 heavy (non-hydrogen) atoms. The summed E-state index contributed by atoms with van der Waals surface area (Å²) in [5, 5.41) is 0. The number of nitrogens with zero attached hydrogens (tertiary/aromatic N) is 1. The Morgan fingerprint density at radius 2 is 1.84 bits per heavy atom. The molecule has 1 aromatic rings. The summed E-state index contributed by atoms with van der Waals surface area (Å²) in [5.74, 6) is -0.936. The SMILES string of the molecule is CCS(=O)(=O)N1CCC(C(=O)OCC(=O)c2cc(C)ccc2C)CC1. The van der Waals surface area contributed by atoms with E-state index in [1.165, 1.54) is 4.31 Å². The molecule has 0 unspecified atom stereocenters. The molecular formula is C18H25NO5S. The molecule has 0 saturated carbocycles. The lowest BCUT2D eigenvalue weighted by molar-refractivity contribution is -0.148. The Morgan fingerprint density at radius 1 is 1.20 bits per heavy atom. The summed E-state index contributed by atoms with van der Waals surface area (Å²) in [6, 6.07) is 5.59. The van der Waals surface area contributed by atoms with E-state index in [-0.39, 0.29) is 24.1 Å². The number of benzene rings is 1. The van der Waals surface area contributed by atoms with E-state index in [1.807, 2.05) is 26.0 Å². The van der Waals surface area contributed by atoms with E-state index in [4.69, 9.17) is 4.74 Å². The monoisotopic (exact) mass is 367 g/mol. The van der Waals surface area contributed by atoms with Crippen LogP contribution in [0.15, 0.2) is 18.2 Å². The maximum absolute atomic E-state index is 12.3. The largest absolute Gasteiger partial charge is 0.457 e. The highest BCUT2D eigenvalue weighted by Crippen LogP contribution is 2.21. The highest BCUT2D eigenvalue weighted by atomic mass is 32.2. The number of carbonyl (C=O) groups excluding carboxylic acids is 2. The Kier molecular flexibility index (Phi) is 6.35. The lowest BCUT2D eigenvalue weighted by Crippen LogP contribution is -2.41. The average molecular weight is 367 g/mol. The minimum atomic E-state index is -3.21. The molecule has 0 spiro atoms. The van der Waals surface area contributed by atoms with Gasteiger partial charge >= 0.3 is 5.97 Å². The fourth-order valence-corrected chi connectivity index (χ4v) is 4.05. The molecule has 2 rings (SSSR count). The number of hydrogen-bond acceptors (Lipinski definition) is 5. The van der Waals surface area contributed by atoms with Crippen molar-refractivity contribution in [3.63, 3.8) is 0 Å². The molecule has 1 aromatic carbocycles. The number of aryl methyl sites for hydroxylation is 2. The molecule has 1 fully saturated rings. The molecule has 0 amide bonds. The zero-order chi connectivity index (χ0) is 18.6. The van der Waals surface area contributed by atoms with Crippen molar-refractivity contribution in [2.24, 2.45) is 5.92 Å². The predicted octanol–water partition coefficient (Wildman–Crippen LogP) is 2.09. The van der Waals surface area contributed by atoms with Crippen LogP contribution in [-0.4, -0.2) is 49.9 Å². The van der Waals surface area contributed by atoms with Gasteiger partial charge in [0, 0.05) is 18.7 Å². The number of sulfonamides is 1. The van der Waals surface area contributed by atoms with E-state index in [1.54, 1.807) is 13.0 Å². The molecule has 7 heteroatoms. The number of piperidine rings is 1. The smallest absolute Gasteiger partial charge is 0.309 e. The summed E-state index contributed by atoms with van der Waals surface area (Å²) in [5.41, 5.74) is 2.39. The van der Waals surface area contributed by atoms with Crippen LogP contribution in [0.25, 0.3) is 0 Å². The third-order valence-electron chi connectivity index (χ3n) is 4.58. The van der Waals surface area contributed by atoms with Gasteiger partial charge in [0.15, 0.2) is 6.61 Å². The van der Waals surface area contributed by atoms with Gasteiger partial charge in [-0.25, -0.2) is 12.7 Å². The van der Waals surface area contributed by atoms with E-state index in [9.17, 15) is 18.0 Å². The van der Waals surface area contributed by atoms with Crippen molar-refractivity contribution in [3.05, 3.63) is 34.9 Å². The molecule has 1 aliphatic rings.